The first-order chi connectivity index (χ1) is 29.2. The molecule has 0 fully saturated rings. The minimum absolute atomic E-state index is 0. The van der Waals surface area contributed by atoms with Crippen LogP contribution in [0.3, 0.4) is 0 Å². The zero-order valence-corrected chi connectivity index (χ0v) is 34.9. The number of rotatable bonds is 8. The van der Waals surface area contributed by atoms with Gasteiger partial charge in [-0.15, -0.1) is 29.3 Å². The van der Waals surface area contributed by atoms with Crippen LogP contribution in [0.5, 0.6) is 0 Å². The Labute approximate surface area is 364 Å². The molecule has 0 radical (unpaired) electrons. The number of nitrogens with zero attached hydrogens (tertiary/aromatic N) is 6. The van der Waals surface area contributed by atoms with Crippen molar-refractivity contribution in [3.63, 3.8) is 0 Å². The van der Waals surface area contributed by atoms with E-state index >= 15 is 0 Å². The molecule has 1 aliphatic heterocycles. The second-order valence-corrected chi connectivity index (χ2v) is 14.8. The summed E-state index contributed by atoms with van der Waals surface area (Å²) in [5, 5.41) is 7.77. The average molecular weight is 951 g/mol. The van der Waals surface area contributed by atoms with Gasteiger partial charge >= 0.3 is 0 Å². The van der Waals surface area contributed by atoms with E-state index in [4.69, 9.17) is 10.1 Å². The first-order valence-corrected chi connectivity index (χ1v) is 19.9. The Balaban J connectivity index is 0.00000433. The number of para-hydroxylation sites is 4. The van der Waals surface area contributed by atoms with E-state index in [0.717, 1.165) is 89.3 Å². The molecule has 11 rings (SSSR count). The molecule has 0 aliphatic carbocycles. The third-order valence-corrected chi connectivity index (χ3v) is 11.3. The van der Waals surface area contributed by atoms with Gasteiger partial charge in [0.2, 0.25) is 6.71 Å². The second kappa shape index (κ2) is 15.7. The minimum atomic E-state index is -0.335. The molecule has 7 aromatic carbocycles. The Morgan fingerprint density at radius 3 is 2.02 bits per heavy atom. The maximum Gasteiger partial charge on any atom is 0.246 e. The van der Waals surface area contributed by atoms with Crippen molar-refractivity contribution in [2.75, 3.05) is 16.8 Å². The van der Waals surface area contributed by atoms with Crippen LogP contribution in [0, 0.1) is 18.8 Å². The smallest absolute Gasteiger partial charge is 0.246 e. The fourth-order valence-corrected chi connectivity index (χ4v) is 8.65. The average Bonchev–Trinajstić information content (AvgIpc) is 3.97. The summed E-state index contributed by atoms with van der Waals surface area (Å²) >= 11 is 0. The normalized spacial score (nSPS) is 12.2. The zero-order valence-electron chi connectivity index (χ0n) is 32.6. The molecule has 0 unspecified atom stereocenters. The van der Waals surface area contributed by atoms with Gasteiger partial charge in [0.1, 0.15) is 0 Å². The van der Waals surface area contributed by atoms with Gasteiger partial charge in [-0.3, -0.25) is 4.98 Å². The van der Waals surface area contributed by atoms with Crippen LogP contribution in [0.1, 0.15) is 0 Å². The summed E-state index contributed by atoms with van der Waals surface area (Å²) < 4.78 is 4.41. The van der Waals surface area contributed by atoms with E-state index < -0.39 is 0 Å². The monoisotopic (exact) mass is 950 g/mol. The molecule has 290 valence electrons. The van der Waals surface area contributed by atoms with Gasteiger partial charge in [-0.1, -0.05) is 126 Å². The second-order valence-electron chi connectivity index (χ2n) is 14.8. The van der Waals surface area contributed by atoms with Crippen molar-refractivity contribution in [3.8, 4) is 33.9 Å². The Hall–Kier alpha value is -6.95. The van der Waals surface area contributed by atoms with Gasteiger partial charge in [-0.25, -0.2) is 4.68 Å². The Kier molecular flexibility index (Phi) is 9.75. The van der Waals surface area contributed by atoms with E-state index in [2.05, 4.69) is 221 Å². The van der Waals surface area contributed by atoms with Gasteiger partial charge in [-0.2, -0.15) is 41.5 Å². The molecule has 8 heteroatoms. The van der Waals surface area contributed by atoms with E-state index in [0.29, 0.717) is 0 Å². The van der Waals surface area contributed by atoms with Crippen LogP contribution in [-0.2, 0) is 21.1 Å². The maximum absolute atomic E-state index is 5.48. The van der Waals surface area contributed by atoms with E-state index in [1.165, 1.54) is 0 Å². The summed E-state index contributed by atoms with van der Waals surface area (Å²) in [6.07, 6.45) is 1.88. The molecule has 1 aliphatic rings. The van der Waals surface area contributed by atoms with Crippen LogP contribution in [0.25, 0.3) is 55.7 Å². The van der Waals surface area contributed by atoms with Crippen LogP contribution in [0.2, 0.25) is 0 Å². The van der Waals surface area contributed by atoms with E-state index in [1.807, 2.05) is 18.3 Å². The van der Waals surface area contributed by atoms with Gasteiger partial charge in [-0.05, 0) is 65.9 Å². The van der Waals surface area contributed by atoms with Crippen molar-refractivity contribution in [2.24, 2.45) is 0 Å². The van der Waals surface area contributed by atoms with Crippen molar-refractivity contribution < 1.29 is 21.1 Å². The van der Waals surface area contributed by atoms with Gasteiger partial charge in [0.25, 0.3) is 0 Å². The third-order valence-electron chi connectivity index (χ3n) is 11.3. The van der Waals surface area contributed by atoms with Gasteiger partial charge in [0.15, 0.2) is 0 Å². The molecule has 0 atom stereocenters. The Morgan fingerprint density at radius 1 is 0.567 bits per heavy atom. The van der Waals surface area contributed by atoms with Crippen molar-refractivity contribution in [1.82, 2.24) is 19.3 Å². The fourth-order valence-electron chi connectivity index (χ4n) is 8.65. The molecule has 6 nitrogen and oxygen atoms in total. The predicted octanol–water partition coefficient (Wildman–Crippen LogP) is 9.52. The molecule has 0 spiro atoms. The van der Waals surface area contributed by atoms with Crippen LogP contribution in [0.4, 0.5) is 17.1 Å². The largest absolute Gasteiger partial charge is 0.504 e. The standard InChI is InChI=1S/C52H36BN6.Pt/c1-56-36-57(47-29-14-13-28-46(47)56)41-31-32-44-43-26-11-12-27-45(43)58(48(44)35-41)42-25-17-22-39(34-42)53(49-30-15-16-33-54-49)50-51(37-18-5-2-6-19-37)55-59(40-23-9-4-10-24-40)52(50)38-20-7-3-8-21-38;/h2-33,36H,1H3;/q-3;. The molecule has 4 heterocycles. The molecule has 0 saturated heterocycles. The van der Waals surface area contributed by atoms with Crippen LogP contribution < -0.4 is 26.3 Å². The molecule has 0 bridgehead atoms. The minimum Gasteiger partial charge on any atom is -0.504 e. The fraction of sp³-hybridized carbons (Fsp3) is 0.0192. The molecular weight excluding hydrogens is 915 g/mol. The molecule has 3 aromatic heterocycles. The summed E-state index contributed by atoms with van der Waals surface area (Å²) in [5.41, 5.74) is 14.2. The first kappa shape index (κ1) is 37.3. The summed E-state index contributed by atoms with van der Waals surface area (Å²) in [6, 6.07) is 73.5. The van der Waals surface area contributed by atoms with Crippen molar-refractivity contribution in [2.45, 2.75) is 0 Å². The number of anilines is 3. The summed E-state index contributed by atoms with van der Waals surface area (Å²) in [5.74, 6) is 0. The molecular formula is C52H36BN6Pt-3. The van der Waals surface area contributed by atoms with E-state index in [1.54, 1.807) is 0 Å². The van der Waals surface area contributed by atoms with E-state index in [9.17, 15) is 0 Å². The summed E-state index contributed by atoms with van der Waals surface area (Å²) in [4.78, 5) is 9.45. The van der Waals surface area contributed by atoms with Crippen molar-refractivity contribution in [3.05, 3.63) is 213 Å². The number of fused-ring (bicyclic) bond motifs is 4. The SMILES string of the molecule is CN1[CH-]N(c2[c-]c3c(cc2)c2ccccc2n3-c2[c-]c(B(c3ccccn3)c3c(-c4ccccc4)nn(-c4ccccc4)c3-c3ccccc3)ccc2)c2ccccc21.[Pt]. The molecule has 10 aromatic rings. The van der Waals surface area contributed by atoms with Crippen molar-refractivity contribution in [1.29, 1.82) is 0 Å². The quantitative estimate of drug-likeness (QED) is 0.113. The van der Waals surface area contributed by atoms with Gasteiger partial charge < -0.3 is 14.4 Å². The Morgan fingerprint density at radius 2 is 1.25 bits per heavy atom. The summed E-state index contributed by atoms with van der Waals surface area (Å²) in [6.45, 7) is 1.79. The third kappa shape index (κ3) is 6.34. The number of aromatic nitrogens is 4. The van der Waals surface area contributed by atoms with Crippen LogP contribution in [-0.4, -0.2) is 33.1 Å². The Bertz CT molecular complexity index is 3110. The van der Waals surface area contributed by atoms with Crippen LogP contribution >= 0.6 is 0 Å². The van der Waals surface area contributed by atoms with E-state index in [-0.39, 0.29) is 27.8 Å². The molecule has 0 amide bonds. The number of pyridine rings is 1. The molecule has 60 heavy (non-hydrogen) atoms. The first-order valence-electron chi connectivity index (χ1n) is 19.9. The topological polar surface area (TPSA) is 42.1 Å². The zero-order chi connectivity index (χ0) is 39.3. The summed E-state index contributed by atoms with van der Waals surface area (Å²) in [7, 11) is 2.09. The van der Waals surface area contributed by atoms with Gasteiger partial charge in [0.05, 0.1) is 17.1 Å². The number of hydrogen-bond donors (Lipinski definition) is 0. The molecule has 0 saturated carbocycles. The maximum atomic E-state index is 5.48. The van der Waals surface area contributed by atoms with Crippen LogP contribution in [0.15, 0.2) is 194 Å². The van der Waals surface area contributed by atoms with Crippen molar-refractivity contribution >= 4 is 62.1 Å². The number of hydrogen-bond acceptors (Lipinski definition) is 4. The number of benzene rings is 7. The molecule has 0 N–H and O–H groups in total. The van der Waals surface area contributed by atoms with Gasteiger partial charge in [0, 0.05) is 55.3 Å². The predicted molar refractivity (Wildman–Crippen MR) is 243 cm³/mol.